The molecular formula is C12H27N3O3S. The van der Waals surface area contributed by atoms with Crippen LogP contribution in [0.1, 0.15) is 40.0 Å². The highest BCUT2D eigenvalue weighted by Gasteiger charge is 2.22. The van der Waals surface area contributed by atoms with Crippen LogP contribution in [0.2, 0.25) is 0 Å². The van der Waals surface area contributed by atoms with Gasteiger partial charge in [-0.2, -0.15) is 0 Å². The summed E-state index contributed by atoms with van der Waals surface area (Å²) >= 11 is 0. The highest BCUT2D eigenvalue weighted by Crippen LogP contribution is 2.09. The van der Waals surface area contributed by atoms with Crippen LogP contribution in [0.5, 0.6) is 0 Å². The number of carbonyl (C=O) groups is 1. The van der Waals surface area contributed by atoms with Crippen molar-refractivity contribution in [2.45, 2.75) is 45.6 Å². The van der Waals surface area contributed by atoms with Gasteiger partial charge in [0.05, 0.1) is 6.26 Å². The van der Waals surface area contributed by atoms with Crippen LogP contribution in [0.15, 0.2) is 0 Å². The average Bonchev–Trinajstić information content (AvgIpc) is 2.21. The summed E-state index contributed by atoms with van der Waals surface area (Å²) in [4.78, 5) is 11.6. The van der Waals surface area contributed by atoms with Crippen molar-refractivity contribution in [3.63, 3.8) is 0 Å². The third-order valence-electron chi connectivity index (χ3n) is 2.71. The molecule has 0 bridgehead atoms. The van der Waals surface area contributed by atoms with Crippen LogP contribution in [0.25, 0.3) is 0 Å². The van der Waals surface area contributed by atoms with E-state index in [0.29, 0.717) is 18.9 Å². The van der Waals surface area contributed by atoms with Crippen molar-refractivity contribution in [3.8, 4) is 0 Å². The number of carbonyl (C=O) groups excluding carboxylic acids is 1. The molecular weight excluding hydrogens is 266 g/mol. The maximum atomic E-state index is 11.6. The number of nitrogens with one attached hydrogen (secondary N) is 2. The first-order valence-corrected chi connectivity index (χ1v) is 8.40. The monoisotopic (exact) mass is 293 g/mol. The molecule has 0 saturated heterocycles. The van der Waals surface area contributed by atoms with E-state index in [1.54, 1.807) is 13.8 Å². The van der Waals surface area contributed by atoms with Crippen molar-refractivity contribution in [1.82, 2.24) is 10.0 Å². The minimum Gasteiger partial charge on any atom is -0.354 e. The van der Waals surface area contributed by atoms with E-state index in [1.165, 1.54) is 0 Å². The van der Waals surface area contributed by atoms with Gasteiger partial charge < -0.3 is 11.1 Å². The van der Waals surface area contributed by atoms with Crippen LogP contribution in [0.3, 0.4) is 0 Å². The van der Waals surface area contributed by atoms with E-state index in [0.717, 1.165) is 19.1 Å². The Morgan fingerprint density at radius 3 is 2.37 bits per heavy atom. The lowest BCUT2D eigenvalue weighted by Crippen LogP contribution is -2.51. The van der Waals surface area contributed by atoms with Crippen LogP contribution in [-0.2, 0) is 14.8 Å². The number of hydrogen-bond donors (Lipinski definition) is 3. The quantitative estimate of drug-likeness (QED) is 0.565. The van der Waals surface area contributed by atoms with E-state index in [2.05, 4.69) is 17.0 Å². The zero-order valence-electron chi connectivity index (χ0n) is 12.3. The van der Waals surface area contributed by atoms with Crippen molar-refractivity contribution >= 4 is 15.9 Å². The molecule has 1 atom stereocenters. The Bertz CT molecular complexity index is 380. The van der Waals surface area contributed by atoms with Gasteiger partial charge in [0.2, 0.25) is 15.9 Å². The van der Waals surface area contributed by atoms with Crippen molar-refractivity contribution in [2.75, 3.05) is 19.3 Å². The van der Waals surface area contributed by atoms with Gasteiger partial charge in [-0.3, -0.25) is 4.79 Å². The first-order chi connectivity index (χ1) is 8.56. The Morgan fingerprint density at radius 1 is 1.32 bits per heavy atom. The van der Waals surface area contributed by atoms with Crippen LogP contribution in [0, 0.1) is 5.92 Å². The van der Waals surface area contributed by atoms with E-state index in [-0.39, 0.29) is 12.5 Å². The molecule has 0 aromatic rings. The molecule has 0 aliphatic heterocycles. The normalized spacial score (nSPS) is 14.2. The second-order valence-electron chi connectivity index (χ2n) is 5.76. The number of hydrogen-bond acceptors (Lipinski definition) is 4. The van der Waals surface area contributed by atoms with Crippen molar-refractivity contribution in [1.29, 1.82) is 0 Å². The summed E-state index contributed by atoms with van der Waals surface area (Å²) < 4.78 is 24.8. The van der Waals surface area contributed by atoms with Crippen molar-refractivity contribution < 1.29 is 13.2 Å². The third-order valence-corrected chi connectivity index (χ3v) is 3.64. The van der Waals surface area contributed by atoms with Gasteiger partial charge in [-0.05, 0) is 39.2 Å². The lowest BCUT2D eigenvalue weighted by molar-refractivity contribution is -0.121. The summed E-state index contributed by atoms with van der Waals surface area (Å²) in [6, 6.07) is 0. The molecule has 0 heterocycles. The predicted octanol–water partition coefficient (Wildman–Crippen LogP) is 0.196. The van der Waals surface area contributed by atoms with E-state index in [4.69, 9.17) is 5.73 Å². The highest BCUT2D eigenvalue weighted by atomic mass is 32.2. The average molecular weight is 293 g/mol. The maximum Gasteiger partial charge on any atom is 0.220 e. The zero-order valence-corrected chi connectivity index (χ0v) is 13.1. The molecule has 0 aromatic heterocycles. The van der Waals surface area contributed by atoms with Gasteiger partial charge in [-0.1, -0.05) is 6.92 Å². The van der Waals surface area contributed by atoms with Gasteiger partial charge in [-0.15, -0.1) is 0 Å². The Balaban J connectivity index is 4.02. The minimum atomic E-state index is -3.28. The van der Waals surface area contributed by atoms with E-state index >= 15 is 0 Å². The lowest BCUT2D eigenvalue weighted by Gasteiger charge is -2.25. The SMILES string of the molecule is CC(CCN)CCC(=O)NCC(C)(C)NS(C)(=O)=O. The van der Waals surface area contributed by atoms with Crippen molar-refractivity contribution in [3.05, 3.63) is 0 Å². The van der Waals surface area contributed by atoms with Crippen LogP contribution >= 0.6 is 0 Å². The van der Waals surface area contributed by atoms with Gasteiger partial charge in [0.25, 0.3) is 0 Å². The molecule has 0 saturated carbocycles. The summed E-state index contributed by atoms with van der Waals surface area (Å²) in [6.45, 7) is 6.42. The Hall–Kier alpha value is -0.660. The number of amides is 1. The predicted molar refractivity (Wildman–Crippen MR) is 77.1 cm³/mol. The standard InChI is InChI=1S/C12H27N3O3S/c1-10(7-8-13)5-6-11(16)14-9-12(2,3)15-19(4,17)18/h10,15H,5-9,13H2,1-4H3,(H,14,16). The maximum absolute atomic E-state index is 11.6. The number of rotatable bonds is 9. The van der Waals surface area contributed by atoms with Gasteiger partial charge in [0, 0.05) is 18.5 Å². The molecule has 0 radical (unpaired) electrons. The van der Waals surface area contributed by atoms with Gasteiger partial charge >= 0.3 is 0 Å². The molecule has 7 heteroatoms. The molecule has 0 fully saturated rings. The minimum absolute atomic E-state index is 0.0627. The van der Waals surface area contributed by atoms with E-state index in [9.17, 15) is 13.2 Å². The molecule has 114 valence electrons. The summed E-state index contributed by atoms with van der Waals surface area (Å²) in [6.07, 6.45) is 3.25. The Kier molecular flexibility index (Phi) is 7.54. The van der Waals surface area contributed by atoms with Crippen LogP contribution in [0.4, 0.5) is 0 Å². The fraction of sp³-hybridized carbons (Fsp3) is 0.917. The van der Waals surface area contributed by atoms with Crippen LogP contribution < -0.4 is 15.8 Å². The van der Waals surface area contributed by atoms with Crippen LogP contribution in [-0.4, -0.2) is 39.2 Å². The molecule has 0 aliphatic rings. The van der Waals surface area contributed by atoms with Gasteiger partial charge in [0.1, 0.15) is 0 Å². The third kappa shape index (κ3) is 10.9. The molecule has 1 unspecified atom stereocenters. The molecule has 0 rings (SSSR count). The summed E-state index contributed by atoms with van der Waals surface area (Å²) in [5.41, 5.74) is 4.76. The molecule has 6 nitrogen and oxygen atoms in total. The summed E-state index contributed by atoms with van der Waals surface area (Å²) in [5.74, 6) is 0.366. The molecule has 1 amide bonds. The first kappa shape index (κ1) is 18.3. The molecule has 4 N–H and O–H groups in total. The number of nitrogens with two attached hydrogens (primary N) is 1. The molecule has 19 heavy (non-hydrogen) atoms. The topological polar surface area (TPSA) is 101 Å². The Morgan fingerprint density at radius 2 is 1.89 bits per heavy atom. The van der Waals surface area contributed by atoms with Gasteiger partial charge in [-0.25, -0.2) is 13.1 Å². The largest absolute Gasteiger partial charge is 0.354 e. The molecule has 0 spiro atoms. The fourth-order valence-corrected chi connectivity index (χ4v) is 2.83. The zero-order chi connectivity index (χ0) is 15.1. The van der Waals surface area contributed by atoms with E-state index in [1.807, 2.05) is 0 Å². The smallest absolute Gasteiger partial charge is 0.220 e. The highest BCUT2D eigenvalue weighted by molar-refractivity contribution is 7.88. The first-order valence-electron chi connectivity index (χ1n) is 6.51. The summed E-state index contributed by atoms with van der Waals surface area (Å²) in [7, 11) is -3.28. The van der Waals surface area contributed by atoms with Gasteiger partial charge in [0.15, 0.2) is 0 Å². The molecule has 0 aliphatic carbocycles. The lowest BCUT2D eigenvalue weighted by atomic mass is 10.0. The summed E-state index contributed by atoms with van der Waals surface area (Å²) in [5, 5.41) is 2.75. The fourth-order valence-electron chi connectivity index (χ4n) is 1.75. The second-order valence-corrected chi connectivity index (χ2v) is 7.50. The number of sulfonamides is 1. The molecule has 0 aromatic carbocycles. The Labute approximate surface area is 116 Å². The van der Waals surface area contributed by atoms with E-state index < -0.39 is 15.6 Å². The van der Waals surface area contributed by atoms with Crippen molar-refractivity contribution in [2.24, 2.45) is 11.7 Å². The second kappa shape index (κ2) is 7.81.